The van der Waals surface area contributed by atoms with Crippen LogP contribution in [0.3, 0.4) is 0 Å². The van der Waals surface area contributed by atoms with Crippen molar-refractivity contribution in [1.82, 2.24) is 4.90 Å². The third kappa shape index (κ3) is 6.30. The third-order valence-corrected chi connectivity index (χ3v) is 9.16. The Labute approximate surface area is 247 Å². The number of aliphatic hydroxyl groups is 1. The second kappa shape index (κ2) is 12.6. The predicted molar refractivity (Wildman–Crippen MR) is 164 cm³/mol. The molecule has 0 radical (unpaired) electrons. The normalized spacial score (nSPS) is 17.1. The number of hydrogen-bond acceptors (Lipinski definition) is 6. The Balaban J connectivity index is 0.00000220. The van der Waals surface area contributed by atoms with Crippen LogP contribution in [0.2, 0.25) is 0 Å². The Morgan fingerprint density at radius 2 is 1.73 bits per heavy atom. The van der Waals surface area contributed by atoms with Crippen molar-refractivity contribution in [3.05, 3.63) is 71.3 Å². The summed E-state index contributed by atoms with van der Waals surface area (Å²) in [5.74, 6) is 0.888. The van der Waals surface area contributed by atoms with E-state index in [4.69, 9.17) is 21.3 Å². The van der Waals surface area contributed by atoms with Gasteiger partial charge in [0.2, 0.25) is 10.0 Å². The number of nitrogen functional groups attached to an aromatic ring is 1. The minimum Gasteiger partial charge on any atom is -0.490 e. The van der Waals surface area contributed by atoms with Gasteiger partial charge in [-0.25, -0.2) is 8.42 Å². The second-order valence-electron chi connectivity index (χ2n) is 9.97. The molecule has 5 N–H and O–H groups in total. The van der Waals surface area contributed by atoms with Crippen molar-refractivity contribution in [2.75, 3.05) is 29.8 Å². The quantitative estimate of drug-likeness (QED) is 0.234. The number of hydrogen-bond donors (Lipinski definition) is 4. The fraction of sp³-hybridized carbons (Fsp3) is 0.357. The summed E-state index contributed by atoms with van der Waals surface area (Å²) in [6.45, 7) is 2.91. The zero-order valence-electron chi connectivity index (χ0n) is 22.2. The molecule has 0 spiro atoms. The highest BCUT2D eigenvalue weighted by Crippen LogP contribution is 2.44. The molecule has 1 fully saturated rings. The lowest BCUT2D eigenvalue weighted by Crippen LogP contribution is -2.40. The number of likely N-dealkylation sites (tertiary alicyclic amines) is 1. The number of halogens is 2. The Morgan fingerprint density at radius 3 is 2.38 bits per heavy atom. The van der Waals surface area contributed by atoms with Crippen LogP contribution >= 0.6 is 24.8 Å². The van der Waals surface area contributed by atoms with E-state index in [0.717, 1.165) is 47.8 Å². The summed E-state index contributed by atoms with van der Waals surface area (Å²) in [6.07, 6.45) is 2.17. The lowest BCUT2D eigenvalue weighted by Gasteiger charge is -2.33. The number of sulfonamides is 1. The summed E-state index contributed by atoms with van der Waals surface area (Å²) < 4.78 is 34.4. The van der Waals surface area contributed by atoms with E-state index in [2.05, 4.69) is 0 Å². The van der Waals surface area contributed by atoms with E-state index in [1.54, 1.807) is 19.1 Å². The molecule has 1 saturated heterocycles. The molecule has 3 aromatic carbocycles. The van der Waals surface area contributed by atoms with Crippen LogP contribution in [0.1, 0.15) is 42.5 Å². The van der Waals surface area contributed by atoms with Crippen LogP contribution in [0.5, 0.6) is 5.75 Å². The largest absolute Gasteiger partial charge is 0.490 e. The molecule has 2 heterocycles. The van der Waals surface area contributed by atoms with Gasteiger partial charge in [0, 0.05) is 37.9 Å². The summed E-state index contributed by atoms with van der Waals surface area (Å²) in [6, 6.07) is 16.4. The van der Waals surface area contributed by atoms with Crippen LogP contribution in [0.4, 0.5) is 5.69 Å². The first-order valence-electron chi connectivity index (χ1n) is 12.8. The van der Waals surface area contributed by atoms with E-state index in [9.17, 15) is 13.5 Å². The van der Waals surface area contributed by atoms with Gasteiger partial charge in [0.15, 0.2) is 0 Å². The highest BCUT2D eigenvalue weighted by atomic mass is 35.5. The van der Waals surface area contributed by atoms with Crippen molar-refractivity contribution in [1.29, 1.82) is 10.8 Å². The first kappa shape index (κ1) is 31.5. The van der Waals surface area contributed by atoms with Crippen molar-refractivity contribution in [3.63, 3.8) is 0 Å². The Hall–Kier alpha value is -3.05. The maximum absolute atomic E-state index is 13.3. The number of benzene rings is 3. The van der Waals surface area contributed by atoms with Crippen molar-refractivity contribution in [2.45, 2.75) is 38.3 Å². The molecule has 40 heavy (non-hydrogen) atoms. The van der Waals surface area contributed by atoms with Gasteiger partial charge in [0.1, 0.15) is 17.7 Å². The number of amidine groups is 2. The van der Waals surface area contributed by atoms with Gasteiger partial charge in [0.25, 0.3) is 0 Å². The number of nitrogens with one attached hydrogen (secondary N) is 2. The number of rotatable bonds is 7. The average molecular weight is 609 g/mol. The average Bonchev–Trinajstić information content (AvgIpc) is 3.28. The molecule has 1 unspecified atom stereocenters. The van der Waals surface area contributed by atoms with Gasteiger partial charge in [-0.2, -0.15) is 0 Å². The number of fused-ring (bicyclic) bond motifs is 2. The minimum absolute atomic E-state index is 0. The van der Waals surface area contributed by atoms with Gasteiger partial charge in [-0.1, -0.05) is 24.3 Å². The molecule has 0 bridgehead atoms. The number of nitrogens with zero attached hydrogens (tertiary/aromatic N) is 2. The zero-order valence-corrected chi connectivity index (χ0v) is 24.6. The molecule has 3 aromatic rings. The van der Waals surface area contributed by atoms with Gasteiger partial charge in [-0.05, 0) is 59.2 Å². The molecule has 9 nitrogen and oxygen atoms in total. The van der Waals surface area contributed by atoms with Gasteiger partial charge >= 0.3 is 0 Å². The van der Waals surface area contributed by atoms with E-state index in [-0.39, 0.29) is 42.5 Å². The van der Waals surface area contributed by atoms with Gasteiger partial charge < -0.3 is 20.5 Å². The number of piperidine rings is 1. The van der Waals surface area contributed by atoms with Crippen LogP contribution in [0, 0.1) is 10.8 Å². The predicted octanol–water partition coefficient (Wildman–Crippen LogP) is 4.23. The number of aliphatic hydroxyl groups excluding tert-OH is 1. The number of nitrogens with two attached hydrogens (primary N) is 1. The van der Waals surface area contributed by atoms with Crippen LogP contribution in [-0.2, 0) is 16.4 Å². The molecule has 0 amide bonds. The maximum atomic E-state index is 13.3. The number of ether oxygens (including phenoxy) is 1. The lowest BCUT2D eigenvalue weighted by atomic mass is 9.98. The molecular weight excluding hydrogens is 573 g/mol. The van der Waals surface area contributed by atoms with Gasteiger partial charge in [0.05, 0.1) is 29.9 Å². The van der Waals surface area contributed by atoms with E-state index < -0.39 is 22.7 Å². The molecule has 216 valence electrons. The topological polar surface area (TPSA) is 144 Å². The van der Waals surface area contributed by atoms with Crippen LogP contribution < -0.4 is 14.8 Å². The maximum Gasteiger partial charge on any atom is 0.237 e. The highest BCUT2D eigenvalue weighted by Gasteiger charge is 2.38. The van der Waals surface area contributed by atoms with Crippen LogP contribution in [0.25, 0.3) is 10.8 Å². The summed E-state index contributed by atoms with van der Waals surface area (Å²) in [5.41, 5.74) is 8.59. The molecule has 2 aliphatic rings. The summed E-state index contributed by atoms with van der Waals surface area (Å²) >= 11 is 0. The Bertz CT molecular complexity index is 1510. The van der Waals surface area contributed by atoms with Crippen molar-refractivity contribution < 1.29 is 18.3 Å². The molecule has 1 atom stereocenters. The molecule has 2 aliphatic heterocycles. The van der Waals surface area contributed by atoms with Crippen molar-refractivity contribution >= 4 is 63.0 Å². The molecule has 0 aromatic heterocycles. The molecule has 0 saturated carbocycles. The fourth-order valence-electron chi connectivity index (χ4n) is 5.42. The summed E-state index contributed by atoms with van der Waals surface area (Å²) in [5, 5.41) is 26.9. The summed E-state index contributed by atoms with van der Waals surface area (Å²) in [7, 11) is -3.79. The second-order valence-corrected chi connectivity index (χ2v) is 11.9. The summed E-state index contributed by atoms with van der Waals surface area (Å²) in [4.78, 5) is 2.04. The first-order valence-corrected chi connectivity index (χ1v) is 14.4. The zero-order chi connectivity index (χ0) is 27.0. The molecule has 12 heteroatoms. The molecular formula is C28H35Cl2N5O4S. The van der Waals surface area contributed by atoms with Crippen LogP contribution in [-0.4, -0.2) is 61.6 Å². The van der Waals surface area contributed by atoms with Crippen LogP contribution in [0.15, 0.2) is 54.6 Å². The smallest absolute Gasteiger partial charge is 0.237 e. The van der Waals surface area contributed by atoms with Gasteiger partial charge in [-0.15, -0.1) is 24.8 Å². The third-order valence-electron chi connectivity index (χ3n) is 7.41. The van der Waals surface area contributed by atoms with E-state index in [1.165, 1.54) is 4.31 Å². The molecule has 5 rings (SSSR count). The fourth-order valence-corrected chi connectivity index (χ4v) is 6.91. The number of anilines is 1. The Morgan fingerprint density at radius 1 is 1.02 bits per heavy atom. The first-order chi connectivity index (χ1) is 18.2. The highest BCUT2D eigenvalue weighted by molar-refractivity contribution is 7.92. The van der Waals surface area contributed by atoms with Crippen molar-refractivity contribution in [2.24, 2.45) is 5.73 Å². The molecule has 0 aliphatic carbocycles. The van der Waals surface area contributed by atoms with E-state index >= 15 is 0 Å². The van der Waals surface area contributed by atoms with Crippen molar-refractivity contribution in [3.8, 4) is 5.75 Å². The monoisotopic (exact) mass is 607 g/mol. The van der Waals surface area contributed by atoms with E-state index in [0.29, 0.717) is 29.3 Å². The Kier molecular flexibility index (Phi) is 9.94. The minimum atomic E-state index is -3.79. The van der Waals surface area contributed by atoms with E-state index in [1.807, 2.05) is 47.4 Å². The SMILES string of the molecule is CC(=N)N1CCC(Oc2ccc3c(c2)CC(c2ccc4ccc(C(=N)N)cc4c2)N3S(=O)(=O)CCO)CC1.Cl.Cl. The lowest BCUT2D eigenvalue weighted by molar-refractivity contribution is 0.130. The van der Waals surface area contributed by atoms with Gasteiger partial charge in [-0.3, -0.25) is 15.1 Å². The standard InChI is InChI=1S/C28H33N5O4S.2ClH/c1-18(29)32-10-8-24(9-11-32)37-25-6-7-26-23(16-25)17-27(33(26)38(35,36)13-12-34)20-4-2-19-3-5-21(28(30)31)15-22(19)14-20;;/h2-7,14-16,24,27,29,34H,8-13,17H2,1H3,(H3,30,31);2*1H.